The number of rotatable bonds is 4. The number of carbonyl (C=O) groups is 2. The molecule has 26 heavy (non-hydrogen) atoms. The van der Waals surface area contributed by atoms with E-state index in [1.807, 2.05) is 12.1 Å². The van der Waals surface area contributed by atoms with Crippen molar-refractivity contribution in [3.05, 3.63) is 57.9 Å². The zero-order valence-corrected chi connectivity index (χ0v) is 15.6. The maximum absolute atomic E-state index is 12.5. The minimum absolute atomic E-state index is 0.0511. The fraction of sp³-hybridized carbons (Fsp3) is 0.167. The SMILES string of the molecule is COC(=O)Cn1c(=NC(=O)c2cccc(Cl)c2)sc2cc(OC)ccc21. The Balaban J connectivity index is 2.14. The Morgan fingerprint density at radius 2 is 2.00 bits per heavy atom. The van der Waals surface area contributed by atoms with Crippen molar-refractivity contribution < 1.29 is 19.1 Å². The number of aromatic nitrogens is 1. The number of ether oxygens (including phenoxy) is 2. The fourth-order valence-corrected chi connectivity index (χ4v) is 3.63. The Hall–Kier alpha value is -2.64. The van der Waals surface area contributed by atoms with E-state index in [-0.39, 0.29) is 6.54 Å². The van der Waals surface area contributed by atoms with E-state index in [0.29, 0.717) is 21.1 Å². The molecule has 0 saturated heterocycles. The monoisotopic (exact) mass is 390 g/mol. The van der Waals surface area contributed by atoms with Gasteiger partial charge in [-0.25, -0.2) is 0 Å². The summed E-state index contributed by atoms with van der Waals surface area (Å²) in [6, 6.07) is 12.0. The molecule has 3 aromatic rings. The first-order valence-corrected chi connectivity index (χ1v) is 8.80. The van der Waals surface area contributed by atoms with E-state index in [1.54, 1.807) is 42.0 Å². The number of halogens is 1. The highest BCUT2D eigenvalue weighted by Gasteiger charge is 2.13. The van der Waals surface area contributed by atoms with Crippen molar-refractivity contribution in [2.45, 2.75) is 6.54 Å². The predicted octanol–water partition coefficient (Wildman–Crippen LogP) is 3.28. The summed E-state index contributed by atoms with van der Waals surface area (Å²) in [5.41, 5.74) is 1.14. The number of thiazole rings is 1. The molecule has 8 heteroatoms. The lowest BCUT2D eigenvalue weighted by molar-refractivity contribution is -0.141. The molecule has 1 heterocycles. The van der Waals surface area contributed by atoms with Gasteiger partial charge < -0.3 is 14.0 Å². The third-order valence-electron chi connectivity index (χ3n) is 3.67. The lowest BCUT2D eigenvalue weighted by Crippen LogP contribution is -2.22. The highest BCUT2D eigenvalue weighted by atomic mass is 35.5. The van der Waals surface area contributed by atoms with E-state index in [4.69, 9.17) is 21.1 Å². The average molecular weight is 391 g/mol. The van der Waals surface area contributed by atoms with Crippen LogP contribution < -0.4 is 9.54 Å². The van der Waals surface area contributed by atoms with E-state index < -0.39 is 11.9 Å². The Morgan fingerprint density at radius 3 is 2.69 bits per heavy atom. The Bertz CT molecular complexity index is 1050. The Labute approximate surface area is 158 Å². The first-order chi connectivity index (χ1) is 12.5. The molecule has 0 aliphatic rings. The van der Waals surface area contributed by atoms with Gasteiger partial charge in [0.2, 0.25) is 0 Å². The number of fused-ring (bicyclic) bond motifs is 1. The number of benzene rings is 2. The van der Waals surface area contributed by atoms with E-state index in [9.17, 15) is 9.59 Å². The summed E-state index contributed by atoms with van der Waals surface area (Å²) >= 11 is 7.22. The molecule has 0 N–H and O–H groups in total. The molecule has 1 amide bonds. The number of nitrogens with zero attached hydrogens (tertiary/aromatic N) is 2. The van der Waals surface area contributed by atoms with Crippen molar-refractivity contribution in [3.8, 4) is 5.75 Å². The molecule has 0 radical (unpaired) electrons. The summed E-state index contributed by atoms with van der Waals surface area (Å²) in [5, 5.41) is 0.453. The van der Waals surface area contributed by atoms with Crippen molar-refractivity contribution in [1.29, 1.82) is 0 Å². The van der Waals surface area contributed by atoms with Crippen molar-refractivity contribution in [1.82, 2.24) is 4.57 Å². The topological polar surface area (TPSA) is 69.9 Å². The Morgan fingerprint density at radius 1 is 1.19 bits per heavy atom. The van der Waals surface area contributed by atoms with Gasteiger partial charge in [0.1, 0.15) is 12.3 Å². The van der Waals surface area contributed by atoms with Crippen LogP contribution in [0.2, 0.25) is 5.02 Å². The summed E-state index contributed by atoms with van der Waals surface area (Å²) in [6.45, 7) is -0.0511. The second-order valence-corrected chi connectivity index (χ2v) is 6.75. The summed E-state index contributed by atoms with van der Waals surface area (Å²) in [5.74, 6) is -0.196. The van der Waals surface area contributed by atoms with Gasteiger partial charge in [-0.05, 0) is 36.4 Å². The fourth-order valence-electron chi connectivity index (χ4n) is 2.39. The van der Waals surface area contributed by atoms with Crippen molar-refractivity contribution in [3.63, 3.8) is 0 Å². The van der Waals surface area contributed by atoms with Crippen LogP contribution in [0.1, 0.15) is 10.4 Å². The summed E-state index contributed by atoms with van der Waals surface area (Å²) < 4.78 is 12.5. The number of carbonyl (C=O) groups excluding carboxylic acids is 2. The second-order valence-electron chi connectivity index (χ2n) is 5.31. The van der Waals surface area contributed by atoms with Crippen LogP contribution in [0.3, 0.4) is 0 Å². The van der Waals surface area contributed by atoms with E-state index in [1.165, 1.54) is 18.4 Å². The molecule has 0 saturated carbocycles. The molecule has 0 aliphatic heterocycles. The van der Waals surface area contributed by atoms with Gasteiger partial charge in [0.05, 0.1) is 24.4 Å². The quantitative estimate of drug-likeness (QED) is 0.641. The number of methoxy groups -OCH3 is 2. The smallest absolute Gasteiger partial charge is 0.325 e. The van der Waals surface area contributed by atoms with Crippen LogP contribution in [0.15, 0.2) is 47.5 Å². The van der Waals surface area contributed by atoms with Crippen LogP contribution in [0.5, 0.6) is 5.75 Å². The molecule has 0 aliphatic carbocycles. The van der Waals surface area contributed by atoms with Crippen LogP contribution >= 0.6 is 22.9 Å². The molecule has 1 aromatic heterocycles. The number of esters is 1. The van der Waals surface area contributed by atoms with Crippen LogP contribution in [0, 0.1) is 0 Å². The lowest BCUT2D eigenvalue weighted by atomic mass is 10.2. The molecule has 134 valence electrons. The predicted molar refractivity (Wildman–Crippen MR) is 99.7 cm³/mol. The van der Waals surface area contributed by atoms with E-state index in [2.05, 4.69) is 4.99 Å². The van der Waals surface area contributed by atoms with Gasteiger partial charge in [-0.15, -0.1) is 0 Å². The molecule has 0 unspecified atom stereocenters. The van der Waals surface area contributed by atoms with Crippen LogP contribution in [-0.4, -0.2) is 30.7 Å². The maximum Gasteiger partial charge on any atom is 0.325 e. The van der Waals surface area contributed by atoms with Gasteiger partial charge in [0.15, 0.2) is 4.80 Å². The normalized spacial score (nSPS) is 11.6. The largest absolute Gasteiger partial charge is 0.497 e. The third-order valence-corrected chi connectivity index (χ3v) is 4.95. The van der Waals surface area contributed by atoms with Gasteiger partial charge >= 0.3 is 5.97 Å². The summed E-state index contributed by atoms with van der Waals surface area (Å²) in [4.78, 5) is 28.9. The molecule has 3 rings (SSSR count). The zero-order chi connectivity index (χ0) is 18.7. The van der Waals surface area contributed by atoms with Gasteiger partial charge in [0, 0.05) is 10.6 Å². The minimum atomic E-state index is -0.440. The van der Waals surface area contributed by atoms with Gasteiger partial charge in [-0.2, -0.15) is 4.99 Å². The van der Waals surface area contributed by atoms with Crippen molar-refractivity contribution in [2.24, 2.45) is 4.99 Å². The standard InChI is InChI=1S/C18H15ClN2O4S/c1-24-13-6-7-14-15(9-13)26-18(21(14)10-16(22)25-2)20-17(23)11-4-3-5-12(19)8-11/h3-9H,10H2,1-2H3. The lowest BCUT2D eigenvalue weighted by Gasteiger charge is -2.04. The van der Waals surface area contributed by atoms with Crippen LogP contribution in [-0.2, 0) is 16.1 Å². The zero-order valence-electron chi connectivity index (χ0n) is 14.1. The molecule has 0 atom stereocenters. The molecule has 6 nitrogen and oxygen atoms in total. The van der Waals surface area contributed by atoms with Gasteiger partial charge in [-0.3, -0.25) is 9.59 Å². The molecular weight excluding hydrogens is 376 g/mol. The first kappa shape index (κ1) is 18.2. The van der Waals surface area contributed by atoms with E-state index in [0.717, 1.165) is 10.2 Å². The Kier molecular flexibility index (Phi) is 5.39. The average Bonchev–Trinajstić information content (AvgIpc) is 2.97. The van der Waals surface area contributed by atoms with Crippen LogP contribution in [0.25, 0.3) is 10.2 Å². The molecular formula is C18H15ClN2O4S. The van der Waals surface area contributed by atoms with Crippen molar-refractivity contribution in [2.75, 3.05) is 14.2 Å². The minimum Gasteiger partial charge on any atom is -0.497 e. The van der Waals surface area contributed by atoms with Gasteiger partial charge in [0.25, 0.3) is 5.91 Å². The number of amides is 1. The van der Waals surface area contributed by atoms with Gasteiger partial charge in [-0.1, -0.05) is 29.0 Å². The first-order valence-electron chi connectivity index (χ1n) is 7.60. The summed E-state index contributed by atoms with van der Waals surface area (Å²) in [6.07, 6.45) is 0. The third kappa shape index (κ3) is 3.79. The summed E-state index contributed by atoms with van der Waals surface area (Å²) in [7, 11) is 2.89. The molecule has 2 aromatic carbocycles. The second kappa shape index (κ2) is 7.72. The molecule has 0 fully saturated rings. The number of hydrogen-bond donors (Lipinski definition) is 0. The van der Waals surface area contributed by atoms with Crippen LogP contribution in [0.4, 0.5) is 0 Å². The highest BCUT2D eigenvalue weighted by Crippen LogP contribution is 2.23. The number of hydrogen-bond acceptors (Lipinski definition) is 5. The molecule has 0 bridgehead atoms. The van der Waals surface area contributed by atoms with E-state index >= 15 is 0 Å². The highest BCUT2D eigenvalue weighted by molar-refractivity contribution is 7.16. The molecule has 0 spiro atoms. The maximum atomic E-state index is 12.5. The van der Waals surface area contributed by atoms with Crippen molar-refractivity contribution >= 4 is 45.0 Å².